The van der Waals surface area contributed by atoms with Crippen molar-refractivity contribution in [2.45, 2.75) is 27.2 Å². The normalized spacial score (nSPS) is 13.1. The summed E-state index contributed by atoms with van der Waals surface area (Å²) in [5.74, 6) is -0.101. The Hall–Kier alpha value is -2.43. The highest BCUT2D eigenvalue weighted by atomic mass is 16.5. The zero-order chi connectivity index (χ0) is 15.1. The Morgan fingerprint density at radius 3 is 2.62 bits per heavy atom. The van der Waals surface area contributed by atoms with Crippen molar-refractivity contribution in [3.05, 3.63) is 34.8 Å². The highest BCUT2D eigenvalue weighted by Gasteiger charge is 2.37. The van der Waals surface area contributed by atoms with Crippen LogP contribution < -0.4 is 4.74 Å². The monoisotopic (exact) mass is 285 g/mol. The number of Topliss-reactive ketones (excluding diaryl/α,β-unsaturated/α-hetero) is 2. The molecule has 0 amide bonds. The van der Waals surface area contributed by atoms with Gasteiger partial charge in [-0.3, -0.25) is 9.59 Å². The van der Waals surface area contributed by atoms with Gasteiger partial charge in [-0.05, 0) is 20.3 Å². The second-order valence-electron chi connectivity index (χ2n) is 4.88. The second-order valence-corrected chi connectivity index (χ2v) is 4.88. The van der Waals surface area contributed by atoms with Crippen molar-refractivity contribution in [3.63, 3.8) is 0 Å². The molecule has 0 saturated carbocycles. The van der Waals surface area contributed by atoms with Crippen molar-refractivity contribution in [1.82, 2.24) is 4.98 Å². The largest absolute Gasteiger partial charge is 0.492 e. The fraction of sp³-hybridized carbons (Fsp3) is 0.312. The third-order valence-corrected chi connectivity index (χ3v) is 3.72. The van der Waals surface area contributed by atoms with E-state index in [9.17, 15) is 9.59 Å². The zero-order valence-electron chi connectivity index (χ0n) is 12.1. The van der Waals surface area contributed by atoms with E-state index in [1.807, 2.05) is 20.8 Å². The maximum absolute atomic E-state index is 12.3. The molecule has 0 fully saturated rings. The van der Waals surface area contributed by atoms with Crippen LogP contribution in [0.2, 0.25) is 0 Å². The molecule has 1 aliphatic rings. The Kier molecular flexibility index (Phi) is 3.12. The van der Waals surface area contributed by atoms with E-state index < -0.39 is 11.6 Å². The Balaban J connectivity index is 2.32. The summed E-state index contributed by atoms with van der Waals surface area (Å²) in [5.41, 5.74) is 2.59. The van der Waals surface area contributed by atoms with E-state index in [0.717, 1.165) is 11.1 Å². The Labute approximate surface area is 121 Å². The number of aromatic nitrogens is 1. The number of ether oxygens (including phenoxy) is 1. The molecule has 2 heterocycles. The van der Waals surface area contributed by atoms with E-state index in [1.54, 1.807) is 0 Å². The summed E-state index contributed by atoms with van der Waals surface area (Å²) in [4.78, 5) is 28.6. The van der Waals surface area contributed by atoms with E-state index >= 15 is 0 Å². The quantitative estimate of drug-likeness (QED) is 0.811. The average molecular weight is 285 g/mol. The number of nitrogens with zero attached hydrogens (tertiary/aromatic N) is 1. The second kappa shape index (κ2) is 4.84. The smallest absolute Gasteiger partial charge is 0.252 e. The first-order valence-electron chi connectivity index (χ1n) is 6.92. The fourth-order valence-corrected chi connectivity index (χ4v) is 2.64. The molecule has 0 aliphatic heterocycles. The summed E-state index contributed by atoms with van der Waals surface area (Å²) in [6, 6.07) is 0. The summed E-state index contributed by atoms with van der Waals surface area (Å²) in [5, 5.41) is 0. The van der Waals surface area contributed by atoms with Crippen LogP contribution in [0, 0.1) is 6.92 Å². The Morgan fingerprint density at radius 1 is 1.19 bits per heavy atom. The van der Waals surface area contributed by atoms with Crippen LogP contribution in [0.15, 0.2) is 16.9 Å². The van der Waals surface area contributed by atoms with Gasteiger partial charge in [0.25, 0.3) is 5.78 Å². The molecule has 0 bridgehead atoms. The van der Waals surface area contributed by atoms with Gasteiger partial charge in [-0.15, -0.1) is 0 Å². The van der Waals surface area contributed by atoms with Crippen molar-refractivity contribution >= 4 is 11.6 Å². The SMILES string of the molecule is CCOc1cnc2c(c1C)-c1occ(CC)c1C(=O)C2=O. The van der Waals surface area contributed by atoms with Crippen molar-refractivity contribution in [2.75, 3.05) is 6.61 Å². The number of pyridine rings is 1. The van der Waals surface area contributed by atoms with Crippen LogP contribution in [-0.4, -0.2) is 23.2 Å². The van der Waals surface area contributed by atoms with E-state index in [1.165, 1.54) is 12.5 Å². The van der Waals surface area contributed by atoms with Gasteiger partial charge in [-0.1, -0.05) is 6.92 Å². The molecule has 5 nitrogen and oxygen atoms in total. The van der Waals surface area contributed by atoms with Crippen LogP contribution >= 0.6 is 0 Å². The molecule has 108 valence electrons. The van der Waals surface area contributed by atoms with Crippen molar-refractivity contribution in [2.24, 2.45) is 0 Å². The first kappa shape index (κ1) is 13.5. The molecule has 0 aromatic carbocycles. The predicted molar refractivity (Wildman–Crippen MR) is 75.9 cm³/mol. The van der Waals surface area contributed by atoms with Gasteiger partial charge in [0.15, 0.2) is 0 Å². The minimum absolute atomic E-state index is 0.144. The lowest BCUT2D eigenvalue weighted by Crippen LogP contribution is -2.23. The zero-order valence-corrected chi connectivity index (χ0v) is 12.1. The molecule has 3 rings (SSSR count). The predicted octanol–water partition coefficient (Wildman–Crippen LogP) is 2.99. The molecule has 0 spiro atoms. The number of hydrogen-bond acceptors (Lipinski definition) is 5. The number of carbonyl (C=O) groups excluding carboxylic acids is 2. The number of fused-ring (bicyclic) bond motifs is 3. The standard InChI is InChI=1S/C16H15NO4/c1-4-9-7-21-16-11-8(3)10(20-5-2)6-17-13(11)15(19)14(18)12(9)16/h6-7H,4-5H2,1-3H3. The number of rotatable bonds is 3. The van der Waals surface area contributed by atoms with Gasteiger partial charge in [-0.25, -0.2) is 4.98 Å². The molecule has 0 atom stereocenters. The van der Waals surface area contributed by atoms with Gasteiger partial charge < -0.3 is 9.15 Å². The van der Waals surface area contributed by atoms with Gasteiger partial charge in [0, 0.05) is 11.1 Å². The molecule has 2 aromatic rings. The van der Waals surface area contributed by atoms with Crippen LogP contribution in [0.3, 0.4) is 0 Å². The summed E-state index contributed by atoms with van der Waals surface area (Å²) >= 11 is 0. The summed E-state index contributed by atoms with van der Waals surface area (Å²) in [6.45, 7) is 6.13. The first-order chi connectivity index (χ1) is 10.1. The average Bonchev–Trinajstić information content (AvgIpc) is 2.91. The third kappa shape index (κ3) is 1.81. The molecule has 0 radical (unpaired) electrons. The van der Waals surface area contributed by atoms with Gasteiger partial charge in [0.05, 0.1) is 30.2 Å². The van der Waals surface area contributed by atoms with Crippen LogP contribution in [0.1, 0.15) is 45.8 Å². The molecule has 2 aromatic heterocycles. The van der Waals surface area contributed by atoms with Crippen molar-refractivity contribution in [1.29, 1.82) is 0 Å². The lowest BCUT2D eigenvalue weighted by Gasteiger charge is -2.17. The van der Waals surface area contributed by atoms with Crippen LogP contribution in [0.5, 0.6) is 5.75 Å². The number of aryl methyl sites for hydroxylation is 1. The maximum atomic E-state index is 12.3. The minimum atomic E-state index is -0.584. The molecule has 0 saturated heterocycles. The van der Waals surface area contributed by atoms with Crippen LogP contribution in [-0.2, 0) is 6.42 Å². The van der Waals surface area contributed by atoms with Crippen LogP contribution in [0.25, 0.3) is 11.3 Å². The molecule has 5 heteroatoms. The van der Waals surface area contributed by atoms with Gasteiger partial charge in [0.1, 0.15) is 17.2 Å². The Bertz CT molecular complexity index is 758. The van der Waals surface area contributed by atoms with Crippen LogP contribution in [0.4, 0.5) is 0 Å². The van der Waals surface area contributed by atoms with E-state index in [2.05, 4.69) is 4.98 Å². The number of ketones is 2. The molecular weight excluding hydrogens is 270 g/mol. The lowest BCUT2D eigenvalue weighted by molar-refractivity contribution is 0.0811. The molecule has 0 N–H and O–H groups in total. The maximum Gasteiger partial charge on any atom is 0.252 e. The molecular formula is C16H15NO4. The van der Waals surface area contributed by atoms with Crippen molar-refractivity contribution < 1.29 is 18.7 Å². The van der Waals surface area contributed by atoms with E-state index in [-0.39, 0.29) is 5.69 Å². The van der Waals surface area contributed by atoms with Crippen molar-refractivity contribution in [3.8, 4) is 17.1 Å². The number of furan rings is 1. The summed E-state index contributed by atoms with van der Waals surface area (Å²) in [6.07, 6.45) is 3.65. The van der Waals surface area contributed by atoms with Gasteiger partial charge in [0.2, 0.25) is 5.78 Å². The lowest BCUT2D eigenvalue weighted by atomic mass is 9.87. The van der Waals surface area contributed by atoms with E-state index in [4.69, 9.17) is 9.15 Å². The highest BCUT2D eigenvalue weighted by molar-refractivity contribution is 6.52. The minimum Gasteiger partial charge on any atom is -0.492 e. The number of hydrogen-bond donors (Lipinski definition) is 0. The molecule has 21 heavy (non-hydrogen) atoms. The molecule has 1 aliphatic carbocycles. The van der Waals surface area contributed by atoms with Gasteiger partial charge in [-0.2, -0.15) is 0 Å². The number of carbonyl (C=O) groups is 2. The fourth-order valence-electron chi connectivity index (χ4n) is 2.64. The third-order valence-electron chi connectivity index (χ3n) is 3.72. The summed E-state index contributed by atoms with van der Waals surface area (Å²) < 4.78 is 11.1. The van der Waals surface area contributed by atoms with E-state index in [0.29, 0.717) is 35.7 Å². The highest BCUT2D eigenvalue weighted by Crippen LogP contribution is 2.40. The summed E-state index contributed by atoms with van der Waals surface area (Å²) in [7, 11) is 0. The first-order valence-corrected chi connectivity index (χ1v) is 6.92. The van der Waals surface area contributed by atoms with Gasteiger partial charge >= 0.3 is 0 Å². The molecule has 0 unspecified atom stereocenters. The topological polar surface area (TPSA) is 69.4 Å². The Morgan fingerprint density at radius 2 is 1.95 bits per heavy atom.